The van der Waals surface area contributed by atoms with Crippen molar-refractivity contribution in [3.05, 3.63) is 40.7 Å². The Bertz CT molecular complexity index is 2170. The molecule has 0 radical (unpaired) electrons. The van der Waals surface area contributed by atoms with Crippen LogP contribution in [0.4, 0.5) is 45.9 Å². The first-order valence-electron chi connectivity index (χ1n) is 17.0. The molecule has 0 aliphatic carbocycles. The zero-order valence-corrected chi connectivity index (χ0v) is 29.3. The van der Waals surface area contributed by atoms with Gasteiger partial charge in [0.05, 0.1) is 32.4 Å². The molecule has 0 bridgehead atoms. The molecule has 9 nitrogen and oxygen atoms in total. The summed E-state index contributed by atoms with van der Waals surface area (Å²) in [5.41, 5.74) is -2.01. The van der Waals surface area contributed by atoms with Crippen LogP contribution in [-0.4, -0.2) is 82.8 Å². The fourth-order valence-corrected chi connectivity index (χ4v) is 9.24. The van der Waals surface area contributed by atoms with Gasteiger partial charge in [-0.2, -0.15) is 41.6 Å². The van der Waals surface area contributed by atoms with Gasteiger partial charge in [-0.25, -0.2) is 8.78 Å². The lowest BCUT2D eigenvalue weighted by atomic mass is 9.88. The molecule has 3 saturated heterocycles. The number of nitrogens with two attached hydrogens (primary N) is 1. The number of fused-ring (bicyclic) bond motifs is 3. The Labute approximate surface area is 301 Å². The van der Waals surface area contributed by atoms with Gasteiger partial charge < -0.3 is 20.3 Å². The number of nitrogen functional groups attached to an aromatic ring is 1. The second kappa shape index (κ2) is 13.1. The number of aromatic nitrogens is 2. The normalized spacial score (nSPS) is 22.3. The van der Waals surface area contributed by atoms with Crippen molar-refractivity contribution in [3.63, 3.8) is 0 Å². The molecule has 4 aromatic rings. The molecule has 0 spiro atoms. The smallest absolute Gasteiger partial charge is 0.419 e. The van der Waals surface area contributed by atoms with Crippen LogP contribution in [0.1, 0.15) is 56.2 Å². The van der Waals surface area contributed by atoms with E-state index >= 15 is 30.7 Å². The van der Waals surface area contributed by atoms with Gasteiger partial charge in [-0.3, -0.25) is 9.69 Å². The summed E-state index contributed by atoms with van der Waals surface area (Å²) in [6.45, 7) is 4.48. The Morgan fingerprint density at radius 2 is 1.91 bits per heavy atom. The number of ether oxygens (including phenoxy) is 1. The van der Waals surface area contributed by atoms with E-state index in [1.807, 2.05) is 4.90 Å². The third-order valence-corrected chi connectivity index (χ3v) is 11.6. The predicted octanol–water partition coefficient (Wildman–Crippen LogP) is 7.54. The van der Waals surface area contributed by atoms with Crippen molar-refractivity contribution in [3.8, 4) is 23.2 Å². The summed E-state index contributed by atoms with van der Waals surface area (Å²) in [7, 11) is 0. The first kappa shape index (κ1) is 36.8. The lowest BCUT2D eigenvalue weighted by Crippen LogP contribution is -2.44. The second-order valence-electron chi connectivity index (χ2n) is 13.5. The Hall–Kier alpha value is -4.50. The lowest BCUT2D eigenvalue weighted by molar-refractivity contribution is -0.141. The number of thiophene rings is 1. The Morgan fingerprint density at radius 1 is 1.15 bits per heavy atom. The van der Waals surface area contributed by atoms with Gasteiger partial charge in [-0.05, 0) is 57.4 Å². The number of likely N-dealkylation sites (tertiary alicyclic amines) is 1. The van der Waals surface area contributed by atoms with E-state index in [0.29, 0.717) is 43.5 Å². The monoisotopic (exact) mass is 767 g/mol. The second-order valence-corrected chi connectivity index (χ2v) is 14.6. The number of benzene rings is 2. The lowest BCUT2D eigenvalue weighted by Gasteiger charge is -2.32. The molecule has 7 rings (SSSR count). The molecule has 53 heavy (non-hydrogen) atoms. The van der Waals surface area contributed by atoms with E-state index in [9.17, 15) is 14.4 Å². The molecule has 3 aliphatic rings. The van der Waals surface area contributed by atoms with E-state index < -0.39 is 90.7 Å². The van der Waals surface area contributed by atoms with Crippen molar-refractivity contribution < 1.29 is 44.7 Å². The van der Waals surface area contributed by atoms with Crippen molar-refractivity contribution in [1.29, 1.82) is 5.26 Å². The van der Waals surface area contributed by atoms with Crippen LogP contribution in [0.5, 0.6) is 6.01 Å². The molecule has 3 aliphatic heterocycles. The predicted molar refractivity (Wildman–Crippen MR) is 182 cm³/mol. The highest BCUT2D eigenvalue weighted by Crippen LogP contribution is 2.52. The summed E-state index contributed by atoms with van der Waals surface area (Å²) < 4.78 is 128. The largest absolute Gasteiger partial charge is 0.461 e. The first-order valence-corrected chi connectivity index (χ1v) is 17.9. The molecule has 1 amide bonds. The van der Waals surface area contributed by atoms with Gasteiger partial charge in [0.1, 0.15) is 41.5 Å². The number of nitrogens with zero attached hydrogens (tertiary/aromatic N) is 6. The molecule has 2 N–H and O–H groups in total. The molecule has 282 valence electrons. The molecule has 5 heterocycles. The fourth-order valence-electron chi connectivity index (χ4n) is 8.29. The van der Waals surface area contributed by atoms with Crippen molar-refractivity contribution in [2.45, 2.75) is 69.6 Å². The molecule has 3 atom stereocenters. The van der Waals surface area contributed by atoms with E-state index in [4.69, 9.17) is 10.5 Å². The van der Waals surface area contributed by atoms with E-state index in [1.54, 1.807) is 19.9 Å². The number of anilines is 2. The van der Waals surface area contributed by atoms with Crippen LogP contribution in [0, 0.1) is 17.1 Å². The third-order valence-electron chi connectivity index (χ3n) is 10.6. The summed E-state index contributed by atoms with van der Waals surface area (Å²) in [4.78, 5) is 26.7. The van der Waals surface area contributed by atoms with Crippen molar-refractivity contribution in [1.82, 2.24) is 19.8 Å². The zero-order chi connectivity index (χ0) is 38.2. The molecule has 2 aromatic heterocycles. The van der Waals surface area contributed by atoms with E-state index in [-0.39, 0.29) is 49.3 Å². The van der Waals surface area contributed by atoms with Crippen LogP contribution in [0.3, 0.4) is 0 Å². The number of halogens is 8. The summed E-state index contributed by atoms with van der Waals surface area (Å²) in [6, 6.07) is 2.09. The molecule has 3 fully saturated rings. The Morgan fingerprint density at radius 3 is 2.55 bits per heavy atom. The highest BCUT2D eigenvalue weighted by molar-refractivity contribution is 7.23. The van der Waals surface area contributed by atoms with E-state index in [1.165, 1.54) is 9.80 Å². The van der Waals surface area contributed by atoms with Crippen LogP contribution in [0.25, 0.3) is 32.1 Å². The van der Waals surface area contributed by atoms with Crippen molar-refractivity contribution in [2.24, 2.45) is 0 Å². The van der Waals surface area contributed by atoms with Crippen molar-refractivity contribution >= 4 is 49.1 Å². The maximum atomic E-state index is 15.6. The quantitative estimate of drug-likeness (QED) is 0.183. The highest BCUT2D eigenvalue weighted by Gasteiger charge is 2.50. The van der Waals surface area contributed by atoms with Gasteiger partial charge in [0.25, 0.3) is 0 Å². The number of nitriles is 1. The first-order chi connectivity index (χ1) is 25.0. The number of amides is 1. The standard InChI is InChI=1S/C35H33F8N7O2S/c1-3-48-11-8-23(31(48)51)50(4-2)30-19-12-21(34(38,39)40)25(18-6-7-22(37)28-24(18)20(14-44)29(45)53-28)26(35(41,42)43)27(19)46-32(47-30)52-16-33-9-5-10-49(33)15-17(36)13-33/h6-7,12,17,23H,3-5,8-11,13,15-16,45H2,1-2H3/t17-,23-,33+/m1/s1. The van der Waals surface area contributed by atoms with Gasteiger partial charge in [-0.15, -0.1) is 11.3 Å². The number of hydrogen-bond donors (Lipinski definition) is 1. The van der Waals surface area contributed by atoms with Crippen LogP contribution in [-0.2, 0) is 17.1 Å². The maximum Gasteiger partial charge on any atom is 0.419 e. The van der Waals surface area contributed by atoms with E-state index in [2.05, 4.69) is 9.97 Å². The number of likely N-dealkylation sites (N-methyl/N-ethyl adjacent to an activating group) is 2. The molecule has 0 unspecified atom stereocenters. The topological polar surface area (TPSA) is 112 Å². The fraction of sp³-hybridized carbons (Fsp3) is 0.486. The molecule has 2 aromatic carbocycles. The van der Waals surface area contributed by atoms with Crippen LogP contribution in [0.15, 0.2) is 18.2 Å². The minimum atomic E-state index is -5.53. The third kappa shape index (κ3) is 6.05. The van der Waals surface area contributed by atoms with Crippen molar-refractivity contribution in [2.75, 3.05) is 50.0 Å². The summed E-state index contributed by atoms with van der Waals surface area (Å²) in [5, 5.41) is 8.41. The molecular weight excluding hydrogens is 734 g/mol. The van der Waals surface area contributed by atoms with Gasteiger partial charge in [0.2, 0.25) is 5.91 Å². The SMILES string of the molecule is CCN1CC[C@@H](N(CC)c2nc(OC[C@@]34CCCN3C[C@H](F)C4)nc3c(C(F)(F)F)c(-c4ccc(F)c5sc(N)c(C#N)c45)c(C(F)(F)F)cc23)C1=O. The Kier molecular flexibility index (Phi) is 9.12. The molecule has 18 heteroatoms. The molecule has 0 saturated carbocycles. The van der Waals surface area contributed by atoms with Gasteiger partial charge in [-0.1, -0.05) is 6.07 Å². The minimum Gasteiger partial charge on any atom is -0.461 e. The number of hydrogen-bond acceptors (Lipinski definition) is 9. The van der Waals surface area contributed by atoms with Gasteiger partial charge in [0.15, 0.2) is 0 Å². The molecular formula is C35H33F8N7O2S. The highest BCUT2D eigenvalue weighted by atomic mass is 32.1. The summed E-state index contributed by atoms with van der Waals surface area (Å²) >= 11 is 0.522. The van der Waals surface area contributed by atoms with Gasteiger partial charge >= 0.3 is 18.4 Å². The summed E-state index contributed by atoms with van der Waals surface area (Å²) in [5.74, 6) is -1.75. The number of carbonyl (C=O) groups excluding carboxylic acids is 1. The van der Waals surface area contributed by atoms with Crippen LogP contribution in [0.2, 0.25) is 0 Å². The average Bonchev–Trinajstić information content (AvgIpc) is 3.83. The number of alkyl halides is 7. The average molecular weight is 768 g/mol. The zero-order valence-electron chi connectivity index (χ0n) is 28.5. The number of carbonyl (C=O) groups is 1. The van der Waals surface area contributed by atoms with Gasteiger partial charge in [0, 0.05) is 48.9 Å². The van der Waals surface area contributed by atoms with Crippen LogP contribution < -0.4 is 15.4 Å². The Balaban J connectivity index is 1.55. The maximum absolute atomic E-state index is 15.6. The van der Waals surface area contributed by atoms with E-state index in [0.717, 1.165) is 18.6 Å². The number of rotatable bonds is 8. The minimum absolute atomic E-state index is 0.0382. The van der Waals surface area contributed by atoms with Crippen LogP contribution >= 0.6 is 11.3 Å². The summed E-state index contributed by atoms with van der Waals surface area (Å²) in [6.07, 6.45) is -10.5.